The summed E-state index contributed by atoms with van der Waals surface area (Å²) in [5.41, 5.74) is 0.913. The van der Waals surface area contributed by atoms with Gasteiger partial charge in [0.05, 0.1) is 5.69 Å². The minimum absolute atomic E-state index is 0.0241. The molecule has 18 heavy (non-hydrogen) atoms. The Balaban J connectivity index is 2.75. The molecule has 0 fully saturated rings. The number of nitrogens with zero attached hydrogens (tertiary/aromatic N) is 1. The lowest BCUT2D eigenvalue weighted by Gasteiger charge is -2.20. The molecule has 0 saturated carbocycles. The highest BCUT2D eigenvalue weighted by atomic mass is 32.1. The minimum atomic E-state index is -0.535. The van der Waals surface area contributed by atoms with Crippen LogP contribution in [0.15, 0.2) is 0 Å². The average Bonchev–Trinajstić information content (AvgIpc) is 2.53. The Bertz CT molecular complexity index is 435. The Labute approximate surface area is 111 Å². The van der Waals surface area contributed by atoms with Gasteiger partial charge in [0.25, 0.3) is 0 Å². The third kappa shape index (κ3) is 3.80. The van der Waals surface area contributed by atoms with Gasteiger partial charge in [-0.1, -0.05) is 13.8 Å². The normalized spacial score (nSPS) is 12.3. The van der Waals surface area contributed by atoms with E-state index in [0.717, 1.165) is 10.6 Å². The van der Waals surface area contributed by atoms with Crippen molar-refractivity contribution in [2.75, 3.05) is 5.32 Å². The topological polar surface area (TPSA) is 71.1 Å². The zero-order chi connectivity index (χ0) is 13.9. The zero-order valence-electron chi connectivity index (χ0n) is 11.3. The molecule has 1 unspecified atom stereocenters. The number of aromatic nitrogens is 1. The number of rotatable bonds is 4. The molecule has 0 radical (unpaired) electrons. The molecule has 0 aliphatic carbocycles. The smallest absolute Gasteiger partial charge is 0.248 e. The predicted octanol–water partition coefficient (Wildman–Crippen LogP) is 1.86. The van der Waals surface area contributed by atoms with Gasteiger partial charge < -0.3 is 10.6 Å². The molecule has 2 N–H and O–H groups in total. The van der Waals surface area contributed by atoms with Crippen LogP contribution in [0.1, 0.15) is 31.3 Å². The minimum Gasteiger partial charge on any atom is -0.344 e. The molecule has 5 nitrogen and oxygen atoms in total. The van der Waals surface area contributed by atoms with Crippen LogP contribution in [0.3, 0.4) is 0 Å². The van der Waals surface area contributed by atoms with Gasteiger partial charge in [-0.15, -0.1) is 11.3 Å². The molecule has 1 aromatic rings. The summed E-state index contributed by atoms with van der Waals surface area (Å²) in [4.78, 5) is 28.4. The number of hydrogen-bond donors (Lipinski definition) is 2. The quantitative estimate of drug-likeness (QED) is 0.876. The summed E-state index contributed by atoms with van der Waals surface area (Å²) in [6, 6.07) is -0.535. The summed E-state index contributed by atoms with van der Waals surface area (Å²) >= 11 is 1.43. The van der Waals surface area contributed by atoms with Gasteiger partial charge in [-0.3, -0.25) is 9.59 Å². The first-order valence-corrected chi connectivity index (χ1v) is 6.65. The number of hydrogen-bond acceptors (Lipinski definition) is 4. The van der Waals surface area contributed by atoms with Crippen molar-refractivity contribution in [1.29, 1.82) is 0 Å². The molecule has 0 saturated heterocycles. The van der Waals surface area contributed by atoms with Gasteiger partial charge >= 0.3 is 0 Å². The van der Waals surface area contributed by atoms with E-state index in [1.54, 1.807) is 0 Å². The number of carbonyl (C=O) groups is 2. The van der Waals surface area contributed by atoms with E-state index in [1.807, 2.05) is 27.7 Å². The summed E-state index contributed by atoms with van der Waals surface area (Å²) in [5, 5.41) is 5.97. The van der Waals surface area contributed by atoms with Gasteiger partial charge in [0.1, 0.15) is 6.04 Å². The Morgan fingerprint density at radius 3 is 2.28 bits per heavy atom. The summed E-state index contributed by atoms with van der Waals surface area (Å²) in [6.07, 6.45) is 0. The van der Waals surface area contributed by atoms with Crippen LogP contribution in [-0.2, 0) is 9.59 Å². The van der Waals surface area contributed by atoms with Crippen LogP contribution in [-0.4, -0.2) is 22.8 Å². The maximum atomic E-state index is 12.1. The van der Waals surface area contributed by atoms with Crippen molar-refractivity contribution in [2.45, 2.75) is 40.7 Å². The van der Waals surface area contributed by atoms with Gasteiger partial charge in [-0.2, -0.15) is 0 Å². The summed E-state index contributed by atoms with van der Waals surface area (Å²) in [6.45, 7) is 9.03. The van der Waals surface area contributed by atoms with Crippen molar-refractivity contribution in [3.63, 3.8) is 0 Å². The van der Waals surface area contributed by atoms with E-state index in [1.165, 1.54) is 18.3 Å². The number of thiazole rings is 1. The molecular formula is C12H19N3O2S. The van der Waals surface area contributed by atoms with Crippen molar-refractivity contribution in [1.82, 2.24) is 10.3 Å². The first-order valence-electron chi connectivity index (χ1n) is 5.83. The van der Waals surface area contributed by atoms with E-state index < -0.39 is 6.04 Å². The van der Waals surface area contributed by atoms with E-state index in [9.17, 15) is 9.59 Å². The van der Waals surface area contributed by atoms with Gasteiger partial charge in [-0.25, -0.2) is 4.98 Å². The Hall–Kier alpha value is -1.43. The third-order valence-corrected chi connectivity index (χ3v) is 3.55. The second-order valence-corrected chi connectivity index (χ2v) is 5.78. The van der Waals surface area contributed by atoms with Crippen molar-refractivity contribution in [3.8, 4) is 0 Å². The molecule has 1 heterocycles. The van der Waals surface area contributed by atoms with Gasteiger partial charge in [-0.05, 0) is 19.8 Å². The average molecular weight is 269 g/mol. The number of carbonyl (C=O) groups excluding carboxylic acids is 2. The Morgan fingerprint density at radius 2 is 1.89 bits per heavy atom. The van der Waals surface area contributed by atoms with Crippen LogP contribution in [0.2, 0.25) is 0 Å². The molecule has 100 valence electrons. The van der Waals surface area contributed by atoms with Crippen LogP contribution in [0.4, 0.5) is 5.13 Å². The van der Waals surface area contributed by atoms with Crippen molar-refractivity contribution < 1.29 is 9.59 Å². The fourth-order valence-corrected chi connectivity index (χ4v) is 2.28. The maximum Gasteiger partial charge on any atom is 0.248 e. The van der Waals surface area contributed by atoms with Gasteiger partial charge in [0.15, 0.2) is 5.13 Å². The van der Waals surface area contributed by atoms with E-state index in [2.05, 4.69) is 15.6 Å². The molecule has 1 rings (SSSR count). The maximum absolute atomic E-state index is 12.1. The summed E-state index contributed by atoms with van der Waals surface area (Å²) < 4.78 is 0. The van der Waals surface area contributed by atoms with Crippen LogP contribution in [0, 0.1) is 19.8 Å². The van der Waals surface area contributed by atoms with E-state index in [0.29, 0.717) is 5.13 Å². The lowest BCUT2D eigenvalue weighted by molar-refractivity contribution is -0.126. The second kappa shape index (κ2) is 5.95. The largest absolute Gasteiger partial charge is 0.344 e. The molecule has 2 amide bonds. The number of amides is 2. The molecule has 0 bridgehead atoms. The monoisotopic (exact) mass is 269 g/mol. The van der Waals surface area contributed by atoms with E-state index >= 15 is 0 Å². The van der Waals surface area contributed by atoms with Crippen LogP contribution < -0.4 is 10.6 Å². The highest BCUT2D eigenvalue weighted by Crippen LogP contribution is 2.21. The van der Waals surface area contributed by atoms with Crippen molar-refractivity contribution >= 4 is 28.3 Å². The zero-order valence-corrected chi connectivity index (χ0v) is 12.1. The lowest BCUT2D eigenvalue weighted by atomic mass is 10.0. The van der Waals surface area contributed by atoms with Crippen molar-refractivity contribution in [2.24, 2.45) is 5.92 Å². The second-order valence-electron chi connectivity index (χ2n) is 4.57. The lowest BCUT2D eigenvalue weighted by Crippen LogP contribution is -2.46. The van der Waals surface area contributed by atoms with Gasteiger partial charge in [0, 0.05) is 11.8 Å². The molecule has 1 aromatic heterocycles. The fourth-order valence-electron chi connectivity index (χ4n) is 1.46. The standard InChI is InChI=1S/C12H19N3O2S/c1-6(2)10(14-9(5)16)11(17)15-12-13-7(3)8(4)18-12/h6,10H,1-5H3,(H,14,16)(H,13,15,17). The van der Waals surface area contributed by atoms with Crippen LogP contribution in [0.25, 0.3) is 0 Å². The highest BCUT2D eigenvalue weighted by molar-refractivity contribution is 7.15. The number of nitrogens with one attached hydrogen (secondary N) is 2. The third-order valence-electron chi connectivity index (χ3n) is 2.57. The van der Waals surface area contributed by atoms with Gasteiger partial charge in [0.2, 0.25) is 11.8 Å². The molecular weight excluding hydrogens is 250 g/mol. The van der Waals surface area contributed by atoms with E-state index in [4.69, 9.17) is 0 Å². The fraction of sp³-hybridized carbons (Fsp3) is 0.583. The summed E-state index contributed by atoms with van der Waals surface area (Å²) in [7, 11) is 0. The van der Waals surface area contributed by atoms with Crippen molar-refractivity contribution in [3.05, 3.63) is 10.6 Å². The first kappa shape index (κ1) is 14.6. The van der Waals surface area contributed by atoms with E-state index in [-0.39, 0.29) is 17.7 Å². The molecule has 0 spiro atoms. The number of aryl methyl sites for hydroxylation is 2. The molecule has 1 atom stereocenters. The first-order chi connectivity index (χ1) is 8.31. The van der Waals surface area contributed by atoms with Crippen LogP contribution >= 0.6 is 11.3 Å². The Morgan fingerprint density at radius 1 is 1.28 bits per heavy atom. The summed E-state index contributed by atoms with van der Waals surface area (Å²) in [5.74, 6) is -0.416. The molecule has 6 heteroatoms. The molecule has 0 aliphatic rings. The number of anilines is 1. The van der Waals surface area contributed by atoms with Crippen LogP contribution in [0.5, 0.6) is 0 Å². The predicted molar refractivity (Wildman–Crippen MR) is 72.7 cm³/mol. The highest BCUT2D eigenvalue weighted by Gasteiger charge is 2.23. The Kier molecular flexibility index (Phi) is 4.84. The SMILES string of the molecule is CC(=O)NC(C(=O)Nc1nc(C)c(C)s1)C(C)C. The molecule has 0 aliphatic heterocycles. The molecule has 0 aromatic carbocycles.